The Balaban J connectivity index is 1.81. The molecule has 0 saturated heterocycles. The van der Waals surface area contributed by atoms with Crippen molar-refractivity contribution in [3.8, 4) is 11.3 Å². The van der Waals surface area contributed by atoms with E-state index in [2.05, 4.69) is 10.3 Å². The van der Waals surface area contributed by atoms with Crippen LogP contribution in [0.15, 0.2) is 53.9 Å². The van der Waals surface area contributed by atoms with Crippen LogP contribution in [0, 0.1) is 5.82 Å². The molecule has 0 aliphatic rings. The van der Waals surface area contributed by atoms with Crippen molar-refractivity contribution in [1.82, 2.24) is 4.98 Å². The highest BCUT2D eigenvalue weighted by Gasteiger charge is 2.39. The van der Waals surface area contributed by atoms with Crippen molar-refractivity contribution in [3.05, 3.63) is 65.3 Å². The number of hydrogen-bond acceptors (Lipinski definition) is 4. The Morgan fingerprint density at radius 1 is 1.00 bits per heavy atom. The number of halogens is 4. The van der Waals surface area contributed by atoms with Gasteiger partial charge in [-0.2, -0.15) is 13.2 Å². The highest BCUT2D eigenvalue weighted by molar-refractivity contribution is 7.14. The van der Waals surface area contributed by atoms with E-state index in [1.807, 2.05) is 30.3 Å². The minimum atomic E-state index is -5.18. The molecule has 1 heterocycles. The van der Waals surface area contributed by atoms with Gasteiger partial charge in [0.1, 0.15) is 5.82 Å². The Morgan fingerprint density at radius 3 is 2.39 bits per heavy atom. The first kappa shape index (κ1) is 19.5. The van der Waals surface area contributed by atoms with Gasteiger partial charge in [-0.1, -0.05) is 30.3 Å². The topological polar surface area (TPSA) is 71.1 Å². The first-order valence-electron chi connectivity index (χ1n) is 7.74. The highest BCUT2D eigenvalue weighted by atomic mass is 32.1. The number of anilines is 2. The minimum Gasteiger partial charge on any atom is -0.317 e. The molecule has 0 aliphatic carbocycles. The van der Waals surface area contributed by atoms with Crippen molar-refractivity contribution < 1.29 is 27.2 Å². The molecular formula is C18H11F4N3O2S. The molecule has 0 bridgehead atoms. The molecule has 0 fully saturated rings. The zero-order valence-corrected chi connectivity index (χ0v) is 14.7. The van der Waals surface area contributed by atoms with Crippen molar-refractivity contribution >= 4 is 34.0 Å². The summed E-state index contributed by atoms with van der Waals surface area (Å²) in [4.78, 5) is 27.8. The van der Waals surface area contributed by atoms with Gasteiger partial charge in [0, 0.05) is 10.9 Å². The Hall–Kier alpha value is -3.27. The summed E-state index contributed by atoms with van der Waals surface area (Å²) in [6.07, 6.45) is -5.18. The largest absolute Gasteiger partial charge is 0.471 e. The average molecular weight is 409 g/mol. The van der Waals surface area contributed by atoms with Crippen molar-refractivity contribution in [2.24, 2.45) is 0 Å². The number of benzene rings is 2. The molecule has 0 saturated carbocycles. The van der Waals surface area contributed by atoms with Gasteiger partial charge in [0.05, 0.1) is 16.9 Å². The Labute approximate surface area is 160 Å². The predicted octanol–water partition coefficient (Wildman–Crippen LogP) is 4.70. The molecule has 2 aromatic carbocycles. The smallest absolute Gasteiger partial charge is 0.317 e. The number of aromatic nitrogens is 1. The second-order valence-corrected chi connectivity index (χ2v) is 6.36. The lowest BCUT2D eigenvalue weighted by Crippen LogP contribution is -2.31. The lowest BCUT2D eigenvalue weighted by Gasteiger charge is -2.12. The molecule has 0 spiro atoms. The van der Waals surface area contributed by atoms with E-state index >= 15 is 0 Å². The van der Waals surface area contributed by atoms with E-state index in [1.54, 1.807) is 5.38 Å². The molecule has 1 aromatic heterocycles. The summed E-state index contributed by atoms with van der Waals surface area (Å²) in [6, 6.07) is 11.6. The van der Waals surface area contributed by atoms with Crippen LogP contribution in [0.5, 0.6) is 0 Å². The summed E-state index contributed by atoms with van der Waals surface area (Å²) < 4.78 is 50.8. The molecule has 3 rings (SSSR count). The van der Waals surface area contributed by atoms with Crippen LogP contribution in [0.25, 0.3) is 11.3 Å². The van der Waals surface area contributed by atoms with E-state index in [0.29, 0.717) is 11.8 Å². The summed E-state index contributed by atoms with van der Waals surface area (Å²) in [5.74, 6) is -4.06. The van der Waals surface area contributed by atoms with E-state index in [9.17, 15) is 27.2 Å². The first-order valence-corrected chi connectivity index (χ1v) is 8.62. The number of nitrogens with one attached hydrogen (secondary N) is 2. The average Bonchev–Trinajstić information content (AvgIpc) is 3.10. The van der Waals surface area contributed by atoms with Gasteiger partial charge >= 0.3 is 12.1 Å². The molecule has 0 atom stereocenters. The Morgan fingerprint density at radius 2 is 1.71 bits per heavy atom. The second-order valence-electron chi connectivity index (χ2n) is 5.50. The van der Waals surface area contributed by atoms with Gasteiger partial charge < -0.3 is 5.32 Å². The molecule has 0 radical (unpaired) electrons. The van der Waals surface area contributed by atoms with Crippen LogP contribution in [-0.2, 0) is 4.79 Å². The van der Waals surface area contributed by atoms with Crippen LogP contribution in [0.4, 0.5) is 28.4 Å². The maximum Gasteiger partial charge on any atom is 0.471 e. The number of rotatable bonds is 4. The molecule has 5 nitrogen and oxygen atoms in total. The Kier molecular flexibility index (Phi) is 5.41. The quantitative estimate of drug-likeness (QED) is 0.614. The number of alkyl halides is 3. The van der Waals surface area contributed by atoms with E-state index < -0.39 is 29.5 Å². The van der Waals surface area contributed by atoms with Gasteiger partial charge in [0.15, 0.2) is 5.13 Å². The molecule has 0 unspecified atom stereocenters. The van der Waals surface area contributed by atoms with Crippen LogP contribution in [0.3, 0.4) is 0 Å². The van der Waals surface area contributed by atoms with Crippen LogP contribution in [-0.4, -0.2) is 23.0 Å². The fourth-order valence-electron chi connectivity index (χ4n) is 2.25. The number of nitrogens with zero attached hydrogens (tertiary/aromatic N) is 1. The fourth-order valence-corrected chi connectivity index (χ4v) is 2.96. The van der Waals surface area contributed by atoms with Crippen LogP contribution < -0.4 is 10.6 Å². The predicted molar refractivity (Wildman–Crippen MR) is 96.6 cm³/mol. The summed E-state index contributed by atoms with van der Waals surface area (Å²) >= 11 is 1.11. The minimum absolute atomic E-state index is 0.196. The molecule has 2 N–H and O–H groups in total. The van der Waals surface area contributed by atoms with Crippen molar-refractivity contribution in [2.45, 2.75) is 6.18 Å². The molecular weight excluding hydrogens is 398 g/mol. The van der Waals surface area contributed by atoms with Crippen molar-refractivity contribution in [1.29, 1.82) is 0 Å². The van der Waals surface area contributed by atoms with Gasteiger partial charge in [0.25, 0.3) is 5.91 Å². The number of amides is 2. The number of carbonyl (C=O) groups excluding carboxylic acids is 2. The summed E-state index contributed by atoms with van der Waals surface area (Å²) in [5, 5.41) is 5.83. The van der Waals surface area contributed by atoms with Gasteiger partial charge in [-0.25, -0.2) is 9.37 Å². The third-order valence-corrected chi connectivity index (χ3v) is 4.28. The SMILES string of the molecule is O=C(Nc1nc(-c2ccccc2)cs1)c1ccc(F)cc1NC(=O)C(F)(F)F. The summed E-state index contributed by atoms with van der Waals surface area (Å²) in [5.41, 5.74) is 0.486. The zero-order valence-electron chi connectivity index (χ0n) is 13.9. The number of hydrogen-bond donors (Lipinski definition) is 2. The van der Waals surface area contributed by atoms with E-state index in [-0.39, 0.29) is 10.7 Å². The summed E-state index contributed by atoms with van der Waals surface area (Å²) in [7, 11) is 0. The number of carbonyl (C=O) groups is 2. The van der Waals surface area contributed by atoms with Crippen molar-refractivity contribution in [3.63, 3.8) is 0 Å². The standard InChI is InChI=1S/C18H11F4N3O2S/c19-11-6-7-12(13(8-11)23-16(27)18(20,21)22)15(26)25-17-24-14(9-28-17)10-4-2-1-3-5-10/h1-9H,(H,23,27)(H,24,25,26). The maximum atomic E-state index is 13.4. The second kappa shape index (κ2) is 7.77. The molecule has 144 valence electrons. The lowest BCUT2D eigenvalue weighted by atomic mass is 10.1. The van der Waals surface area contributed by atoms with Gasteiger partial charge in [-0.15, -0.1) is 11.3 Å². The maximum absolute atomic E-state index is 13.4. The van der Waals surface area contributed by atoms with Gasteiger partial charge in [-0.3, -0.25) is 14.9 Å². The van der Waals surface area contributed by atoms with Crippen LogP contribution >= 0.6 is 11.3 Å². The third kappa shape index (κ3) is 4.52. The summed E-state index contributed by atoms with van der Waals surface area (Å²) in [6.45, 7) is 0. The van der Waals surface area contributed by atoms with Gasteiger partial charge in [0.2, 0.25) is 0 Å². The van der Waals surface area contributed by atoms with E-state index in [4.69, 9.17) is 0 Å². The normalized spacial score (nSPS) is 11.1. The Bertz CT molecular complexity index is 1020. The highest BCUT2D eigenvalue weighted by Crippen LogP contribution is 2.27. The molecule has 10 heteroatoms. The third-order valence-electron chi connectivity index (χ3n) is 3.53. The zero-order chi connectivity index (χ0) is 20.3. The van der Waals surface area contributed by atoms with Crippen LogP contribution in [0.1, 0.15) is 10.4 Å². The van der Waals surface area contributed by atoms with E-state index in [0.717, 1.165) is 29.0 Å². The molecule has 0 aliphatic heterocycles. The monoisotopic (exact) mass is 409 g/mol. The van der Waals surface area contributed by atoms with Crippen LogP contribution in [0.2, 0.25) is 0 Å². The molecule has 2 amide bonds. The number of thiazole rings is 1. The molecule has 3 aromatic rings. The van der Waals surface area contributed by atoms with E-state index in [1.165, 1.54) is 5.32 Å². The van der Waals surface area contributed by atoms with Crippen molar-refractivity contribution in [2.75, 3.05) is 10.6 Å². The fraction of sp³-hybridized carbons (Fsp3) is 0.0556. The molecule has 28 heavy (non-hydrogen) atoms. The van der Waals surface area contributed by atoms with Gasteiger partial charge in [-0.05, 0) is 18.2 Å². The lowest BCUT2D eigenvalue weighted by molar-refractivity contribution is -0.167. The first-order chi connectivity index (χ1) is 13.2.